The van der Waals surface area contributed by atoms with E-state index < -0.39 is 130 Å². The summed E-state index contributed by atoms with van der Waals surface area (Å²) in [6.07, 6.45) is -13.5. The molecular formula is C34H59NO18. The van der Waals surface area contributed by atoms with Crippen LogP contribution in [0.1, 0.15) is 52.4 Å². The van der Waals surface area contributed by atoms with Gasteiger partial charge in [-0.3, -0.25) is 4.79 Å². The summed E-state index contributed by atoms with van der Waals surface area (Å²) in [5.74, 6) is -0.469. The van der Waals surface area contributed by atoms with Crippen LogP contribution in [0.2, 0.25) is 0 Å². The molecule has 0 aromatic carbocycles. The number of amides is 1. The number of carbonyl (C=O) groups excluding carboxylic acids is 1. The standard InChI is InChI=1S/C34H59NO18/c1-3-4-5-6-7-8-9-10-11-12-19(40)18(35-17(2)39)16-48-32-28(46)25(43)30(21(14-37)50-32)53-34-29(47)26(44)31(22(15-38)51-34)52-33-27(45)24(42)23(41)20(13-36)49-33/h7-8,11-12,18-34,36-38,40-47H,3-6,9-10,13-16H2,1-2H3,(H,35,39)/b8-7+,12-11+. The number of rotatable bonds is 20. The van der Waals surface area contributed by atoms with Crippen molar-refractivity contribution in [2.45, 2.75) is 157 Å². The first kappa shape index (κ1) is 45.7. The first-order chi connectivity index (χ1) is 25.3. The fraction of sp³-hybridized carbons (Fsp3) is 0.853. The van der Waals surface area contributed by atoms with Gasteiger partial charge in [0.1, 0.15) is 73.2 Å². The van der Waals surface area contributed by atoms with E-state index in [1.165, 1.54) is 19.4 Å². The lowest BCUT2D eigenvalue weighted by atomic mass is 9.96. The normalized spacial score (nSPS) is 39.4. The molecule has 3 rings (SSSR count). The largest absolute Gasteiger partial charge is 0.394 e. The minimum Gasteiger partial charge on any atom is -0.394 e. The van der Waals surface area contributed by atoms with Gasteiger partial charge < -0.3 is 89.9 Å². The van der Waals surface area contributed by atoms with Gasteiger partial charge in [0.15, 0.2) is 18.9 Å². The SMILES string of the molecule is CCCCC/C=C/CC/C=C/C(O)C(COC1OC(CO)C(OC2OC(CO)C(OC3OC(CO)C(O)C(O)C3O)C(O)C2O)C(O)C1O)NC(C)=O. The number of hydrogen-bond donors (Lipinski definition) is 12. The summed E-state index contributed by atoms with van der Waals surface area (Å²) in [6, 6.07) is -0.983. The van der Waals surface area contributed by atoms with Crippen molar-refractivity contribution in [3.05, 3.63) is 24.3 Å². The van der Waals surface area contributed by atoms with Gasteiger partial charge in [0.25, 0.3) is 0 Å². The highest BCUT2D eigenvalue weighted by Gasteiger charge is 2.53. The summed E-state index contributed by atoms with van der Waals surface area (Å²) in [7, 11) is 0. The van der Waals surface area contributed by atoms with E-state index in [0.29, 0.717) is 6.42 Å². The van der Waals surface area contributed by atoms with Crippen molar-refractivity contribution in [3.8, 4) is 0 Å². The van der Waals surface area contributed by atoms with E-state index in [2.05, 4.69) is 24.4 Å². The van der Waals surface area contributed by atoms with Crippen LogP contribution >= 0.6 is 0 Å². The number of ether oxygens (including phenoxy) is 6. The minimum absolute atomic E-state index is 0.384. The second-order valence-electron chi connectivity index (χ2n) is 13.4. The van der Waals surface area contributed by atoms with E-state index in [4.69, 9.17) is 28.4 Å². The van der Waals surface area contributed by atoms with Crippen molar-refractivity contribution < 1.29 is 89.4 Å². The van der Waals surface area contributed by atoms with E-state index >= 15 is 0 Å². The zero-order chi connectivity index (χ0) is 39.2. The van der Waals surface area contributed by atoms with Crippen LogP contribution in [-0.2, 0) is 33.2 Å². The maximum Gasteiger partial charge on any atom is 0.217 e. The van der Waals surface area contributed by atoms with Gasteiger partial charge in [-0.1, -0.05) is 44.1 Å². The second-order valence-corrected chi connectivity index (χ2v) is 13.4. The van der Waals surface area contributed by atoms with Gasteiger partial charge >= 0.3 is 0 Å². The third-order valence-electron chi connectivity index (χ3n) is 9.29. The molecule has 3 fully saturated rings. The zero-order valence-corrected chi connectivity index (χ0v) is 30.0. The van der Waals surface area contributed by atoms with Gasteiger partial charge in [-0.25, -0.2) is 0 Å². The highest BCUT2D eigenvalue weighted by atomic mass is 16.8. The van der Waals surface area contributed by atoms with Crippen molar-refractivity contribution in [1.82, 2.24) is 5.32 Å². The van der Waals surface area contributed by atoms with Gasteiger partial charge in [-0.15, -0.1) is 0 Å². The molecule has 0 aromatic rings. The first-order valence-electron chi connectivity index (χ1n) is 18.0. The number of allylic oxidation sites excluding steroid dienone is 3. The molecule has 0 radical (unpaired) electrons. The van der Waals surface area contributed by atoms with E-state index in [9.17, 15) is 61.0 Å². The summed E-state index contributed by atoms with van der Waals surface area (Å²) < 4.78 is 33.4. The van der Waals surface area contributed by atoms with Crippen molar-refractivity contribution in [2.75, 3.05) is 26.4 Å². The average molecular weight is 770 g/mol. The van der Waals surface area contributed by atoms with E-state index in [-0.39, 0.29) is 6.61 Å². The van der Waals surface area contributed by atoms with Crippen LogP contribution in [0.4, 0.5) is 0 Å². The van der Waals surface area contributed by atoms with E-state index in [0.717, 1.165) is 25.7 Å². The topological polar surface area (TPSA) is 307 Å². The van der Waals surface area contributed by atoms with Crippen molar-refractivity contribution in [1.29, 1.82) is 0 Å². The fourth-order valence-corrected chi connectivity index (χ4v) is 6.18. The van der Waals surface area contributed by atoms with Crippen molar-refractivity contribution >= 4 is 5.91 Å². The quantitative estimate of drug-likeness (QED) is 0.0413. The summed E-state index contributed by atoms with van der Waals surface area (Å²) in [5, 5.41) is 117. The highest BCUT2D eigenvalue weighted by Crippen LogP contribution is 2.32. The van der Waals surface area contributed by atoms with Crippen molar-refractivity contribution in [3.63, 3.8) is 0 Å². The molecule has 17 unspecified atom stereocenters. The Kier molecular flexibility index (Phi) is 19.6. The fourth-order valence-electron chi connectivity index (χ4n) is 6.18. The summed E-state index contributed by atoms with van der Waals surface area (Å²) in [4.78, 5) is 11.9. The Hall–Kier alpha value is -1.73. The average Bonchev–Trinajstić information content (AvgIpc) is 3.14. The van der Waals surface area contributed by atoms with Gasteiger partial charge in [0.2, 0.25) is 5.91 Å². The van der Waals surface area contributed by atoms with Gasteiger partial charge in [-0.05, 0) is 25.7 Å². The number of aliphatic hydroxyl groups excluding tert-OH is 11. The number of hydrogen-bond acceptors (Lipinski definition) is 18. The van der Waals surface area contributed by atoms with Crippen LogP contribution < -0.4 is 5.32 Å². The molecule has 0 bridgehead atoms. The molecule has 1 amide bonds. The summed E-state index contributed by atoms with van der Waals surface area (Å²) in [5.41, 5.74) is 0. The molecule has 0 saturated carbocycles. The lowest BCUT2D eigenvalue weighted by Crippen LogP contribution is -2.66. The van der Waals surface area contributed by atoms with Crippen LogP contribution in [0, 0.1) is 0 Å². The third-order valence-corrected chi connectivity index (χ3v) is 9.29. The molecule has 12 N–H and O–H groups in total. The van der Waals surface area contributed by atoms with Crippen LogP contribution in [0.3, 0.4) is 0 Å². The molecular weight excluding hydrogens is 710 g/mol. The Balaban J connectivity index is 1.60. The molecule has 0 spiro atoms. The molecule has 3 aliphatic rings. The molecule has 53 heavy (non-hydrogen) atoms. The number of unbranched alkanes of at least 4 members (excludes halogenated alkanes) is 4. The summed E-state index contributed by atoms with van der Waals surface area (Å²) >= 11 is 0. The maximum absolute atomic E-state index is 11.9. The van der Waals surface area contributed by atoms with Gasteiger partial charge in [-0.2, -0.15) is 0 Å². The smallest absolute Gasteiger partial charge is 0.217 e. The third kappa shape index (κ3) is 12.6. The number of aliphatic hydroxyl groups is 11. The Morgan fingerprint density at radius 3 is 1.70 bits per heavy atom. The van der Waals surface area contributed by atoms with Gasteiger partial charge in [0, 0.05) is 6.92 Å². The van der Waals surface area contributed by atoms with Crippen LogP contribution in [0.5, 0.6) is 0 Å². The van der Waals surface area contributed by atoms with Crippen molar-refractivity contribution in [2.24, 2.45) is 0 Å². The highest BCUT2D eigenvalue weighted by molar-refractivity contribution is 5.73. The first-order valence-corrected chi connectivity index (χ1v) is 18.0. The zero-order valence-electron chi connectivity index (χ0n) is 30.0. The van der Waals surface area contributed by atoms with Gasteiger partial charge in [0.05, 0.1) is 38.6 Å². The monoisotopic (exact) mass is 769 g/mol. The molecule has 3 heterocycles. The maximum atomic E-state index is 11.9. The summed E-state index contributed by atoms with van der Waals surface area (Å²) in [6.45, 7) is 0.575. The Labute approximate surface area is 308 Å². The minimum atomic E-state index is -1.97. The molecule has 17 atom stereocenters. The van der Waals surface area contributed by atoms with E-state index in [1.54, 1.807) is 6.08 Å². The van der Waals surface area contributed by atoms with E-state index in [1.807, 2.05) is 0 Å². The van der Waals surface area contributed by atoms with Crippen LogP contribution in [-0.4, -0.2) is 193 Å². The molecule has 3 aliphatic heterocycles. The van der Waals surface area contributed by atoms with Crippen LogP contribution in [0.25, 0.3) is 0 Å². The lowest BCUT2D eigenvalue weighted by Gasteiger charge is -2.48. The Morgan fingerprint density at radius 1 is 0.660 bits per heavy atom. The molecule has 19 heteroatoms. The molecule has 0 aromatic heterocycles. The molecule has 308 valence electrons. The molecule has 3 saturated heterocycles. The predicted octanol–water partition coefficient (Wildman–Crippen LogP) is -4.21. The Morgan fingerprint density at radius 2 is 1.15 bits per heavy atom. The van der Waals surface area contributed by atoms with Crippen LogP contribution in [0.15, 0.2) is 24.3 Å². The molecule has 0 aliphatic carbocycles. The second kappa shape index (κ2) is 22.7. The lowest BCUT2D eigenvalue weighted by molar-refractivity contribution is -0.379. The Bertz CT molecular complexity index is 1110. The number of carbonyl (C=O) groups is 1. The molecule has 19 nitrogen and oxygen atoms in total. The predicted molar refractivity (Wildman–Crippen MR) is 180 cm³/mol. The number of nitrogens with one attached hydrogen (secondary N) is 1.